The molecule has 0 saturated heterocycles. The van der Waals surface area contributed by atoms with Crippen LogP contribution in [-0.2, 0) is 31.7 Å². The van der Waals surface area contributed by atoms with Crippen molar-refractivity contribution in [2.75, 3.05) is 0 Å². The molecule has 3 rings (SSSR count). The lowest BCUT2D eigenvalue weighted by molar-refractivity contribution is 0.0283. The molecule has 3 N–H and O–H groups in total. The quantitative estimate of drug-likeness (QED) is 0.395. The van der Waals surface area contributed by atoms with Gasteiger partial charge in [0.15, 0.2) is 0 Å². The summed E-state index contributed by atoms with van der Waals surface area (Å²) in [7, 11) is 0. The molecule has 2 aromatic carbocycles. The summed E-state index contributed by atoms with van der Waals surface area (Å²) in [6, 6.07) is 14.6. The van der Waals surface area contributed by atoms with Crippen molar-refractivity contribution in [3.8, 4) is 10.4 Å². The average Bonchev–Trinajstić information content (AvgIpc) is 3.16. The van der Waals surface area contributed by atoms with Crippen molar-refractivity contribution in [1.29, 1.82) is 0 Å². The first-order valence-corrected chi connectivity index (χ1v) is 11.9. The van der Waals surface area contributed by atoms with E-state index in [9.17, 15) is 15.3 Å². The van der Waals surface area contributed by atoms with E-state index in [-0.39, 0.29) is 13.2 Å². The molecule has 0 radical (unpaired) electrons. The number of thiophene rings is 1. The number of rotatable bonds is 9. The van der Waals surface area contributed by atoms with Gasteiger partial charge in [-0.2, -0.15) is 0 Å². The predicted molar refractivity (Wildman–Crippen MR) is 129 cm³/mol. The van der Waals surface area contributed by atoms with E-state index in [0.717, 1.165) is 29.5 Å². The van der Waals surface area contributed by atoms with E-state index in [1.54, 1.807) is 0 Å². The van der Waals surface area contributed by atoms with Gasteiger partial charge in [-0.3, -0.25) is 0 Å². The van der Waals surface area contributed by atoms with Crippen molar-refractivity contribution in [3.05, 3.63) is 80.7 Å². The molecule has 0 spiro atoms. The van der Waals surface area contributed by atoms with Crippen LogP contribution in [0.15, 0.2) is 42.5 Å². The van der Waals surface area contributed by atoms with Crippen molar-refractivity contribution in [2.24, 2.45) is 0 Å². The summed E-state index contributed by atoms with van der Waals surface area (Å²) in [5.74, 6) is 0. The molecule has 0 atom stereocenters. The first kappa shape index (κ1) is 23.7. The molecular formula is C27H34O3S. The number of hydrogen-bond acceptors (Lipinski definition) is 4. The van der Waals surface area contributed by atoms with Gasteiger partial charge in [-0.05, 0) is 84.5 Å². The van der Waals surface area contributed by atoms with Crippen LogP contribution in [-0.4, -0.2) is 15.3 Å². The van der Waals surface area contributed by atoms with Gasteiger partial charge in [0.25, 0.3) is 0 Å². The monoisotopic (exact) mass is 438 g/mol. The third kappa shape index (κ3) is 5.09. The third-order valence-corrected chi connectivity index (χ3v) is 7.75. The Morgan fingerprint density at radius 2 is 1.52 bits per heavy atom. The van der Waals surface area contributed by atoms with Crippen LogP contribution in [0.5, 0.6) is 0 Å². The molecule has 0 unspecified atom stereocenters. The van der Waals surface area contributed by atoms with E-state index in [1.165, 1.54) is 32.0 Å². The third-order valence-electron chi connectivity index (χ3n) is 6.42. The second-order valence-corrected chi connectivity index (χ2v) is 9.55. The normalized spacial score (nSPS) is 11.8. The van der Waals surface area contributed by atoms with Crippen LogP contribution in [0.25, 0.3) is 10.4 Å². The fourth-order valence-electron chi connectivity index (χ4n) is 4.21. The summed E-state index contributed by atoms with van der Waals surface area (Å²) in [6.07, 6.45) is 3.26. The van der Waals surface area contributed by atoms with Crippen LogP contribution in [0.1, 0.15) is 64.9 Å². The zero-order valence-corrected chi connectivity index (χ0v) is 19.9. The van der Waals surface area contributed by atoms with Gasteiger partial charge in [0.2, 0.25) is 0 Å². The van der Waals surface area contributed by atoms with Crippen LogP contribution in [0.3, 0.4) is 0 Å². The maximum Gasteiger partial charge on any atom is 0.0891 e. The minimum absolute atomic E-state index is 0.0459. The lowest BCUT2D eigenvalue weighted by Crippen LogP contribution is -2.23. The van der Waals surface area contributed by atoms with E-state index in [0.29, 0.717) is 12.8 Å². The van der Waals surface area contributed by atoms with Crippen molar-refractivity contribution >= 4 is 11.3 Å². The molecule has 3 aromatic rings. The number of benzene rings is 2. The summed E-state index contributed by atoms with van der Waals surface area (Å²) >= 11 is 1.84. The van der Waals surface area contributed by atoms with Crippen LogP contribution >= 0.6 is 11.3 Å². The molecule has 166 valence electrons. The maximum atomic E-state index is 10.9. The number of aryl methyl sites for hydroxylation is 4. The lowest BCUT2D eigenvalue weighted by Gasteiger charge is -2.26. The van der Waals surface area contributed by atoms with Gasteiger partial charge >= 0.3 is 0 Å². The number of aliphatic hydroxyl groups excluding tert-OH is 2. The molecule has 0 aliphatic rings. The number of aliphatic hydroxyl groups is 3. The number of hydrogen-bond donors (Lipinski definition) is 3. The zero-order valence-electron chi connectivity index (χ0n) is 19.0. The molecule has 1 aromatic heterocycles. The summed E-state index contributed by atoms with van der Waals surface area (Å²) in [6.45, 7) is 8.26. The molecule has 4 heteroatoms. The van der Waals surface area contributed by atoms with Gasteiger partial charge in [0.05, 0.1) is 18.8 Å². The van der Waals surface area contributed by atoms with E-state index < -0.39 is 5.60 Å². The van der Waals surface area contributed by atoms with E-state index in [4.69, 9.17) is 0 Å². The molecular weight excluding hydrogens is 404 g/mol. The molecule has 0 bridgehead atoms. The summed E-state index contributed by atoms with van der Waals surface area (Å²) in [5, 5.41) is 29.8. The fourth-order valence-corrected chi connectivity index (χ4v) is 5.47. The Morgan fingerprint density at radius 3 is 2.13 bits per heavy atom. The summed E-state index contributed by atoms with van der Waals surface area (Å²) in [4.78, 5) is 2.63. The zero-order chi connectivity index (χ0) is 22.6. The smallest absolute Gasteiger partial charge is 0.0891 e. The molecule has 0 aliphatic heterocycles. The maximum absolute atomic E-state index is 10.9. The summed E-state index contributed by atoms with van der Waals surface area (Å²) < 4.78 is 0. The molecule has 0 saturated carbocycles. The Hall–Kier alpha value is -1.98. The van der Waals surface area contributed by atoms with Crippen molar-refractivity contribution < 1.29 is 15.3 Å². The highest BCUT2D eigenvalue weighted by molar-refractivity contribution is 7.15. The van der Waals surface area contributed by atoms with Gasteiger partial charge in [0, 0.05) is 9.75 Å². The Labute approximate surface area is 190 Å². The first-order chi connectivity index (χ1) is 14.8. The van der Waals surface area contributed by atoms with Crippen LogP contribution in [0.4, 0.5) is 0 Å². The minimum Gasteiger partial charge on any atom is -0.392 e. The van der Waals surface area contributed by atoms with Gasteiger partial charge < -0.3 is 15.3 Å². The lowest BCUT2D eigenvalue weighted by atomic mass is 9.86. The highest BCUT2D eigenvalue weighted by Gasteiger charge is 2.25. The van der Waals surface area contributed by atoms with Gasteiger partial charge in [-0.1, -0.05) is 50.2 Å². The fraction of sp³-hybridized carbons (Fsp3) is 0.407. The van der Waals surface area contributed by atoms with E-state index in [1.807, 2.05) is 43.4 Å². The van der Waals surface area contributed by atoms with Gasteiger partial charge in [0.1, 0.15) is 0 Å². The Bertz CT molecular complexity index is 1030. The van der Waals surface area contributed by atoms with E-state index >= 15 is 0 Å². The van der Waals surface area contributed by atoms with Crippen LogP contribution < -0.4 is 0 Å². The standard InChI is InChI=1S/C27H34O3S/c1-5-27(30,6-2)23-10-12-25(18(3)13-23)26-19(4)14-24(31-26)11-8-20-7-9-21(16-28)22(15-20)17-29/h7,9-10,12-15,28-30H,5-6,8,11,16-17H2,1-4H3. The van der Waals surface area contributed by atoms with Crippen LogP contribution in [0, 0.1) is 13.8 Å². The SMILES string of the molecule is CCC(O)(CC)c1ccc(-c2sc(CCc3ccc(CO)c(CO)c3)cc2C)c(C)c1. The van der Waals surface area contributed by atoms with Gasteiger partial charge in [-0.15, -0.1) is 11.3 Å². The van der Waals surface area contributed by atoms with E-state index in [2.05, 4.69) is 38.1 Å². The molecule has 31 heavy (non-hydrogen) atoms. The Morgan fingerprint density at radius 1 is 0.806 bits per heavy atom. The highest BCUT2D eigenvalue weighted by atomic mass is 32.1. The molecule has 1 heterocycles. The minimum atomic E-state index is -0.752. The summed E-state index contributed by atoms with van der Waals surface area (Å²) in [5.41, 5.74) is 6.73. The first-order valence-electron chi connectivity index (χ1n) is 11.1. The molecule has 0 fully saturated rings. The molecule has 3 nitrogen and oxygen atoms in total. The second kappa shape index (κ2) is 10.1. The molecule has 0 amide bonds. The van der Waals surface area contributed by atoms with Crippen molar-refractivity contribution in [3.63, 3.8) is 0 Å². The van der Waals surface area contributed by atoms with Crippen molar-refractivity contribution in [2.45, 2.75) is 72.2 Å². The van der Waals surface area contributed by atoms with Gasteiger partial charge in [-0.25, -0.2) is 0 Å². The topological polar surface area (TPSA) is 60.7 Å². The predicted octanol–water partition coefficient (Wildman–Crippen LogP) is 5.81. The van der Waals surface area contributed by atoms with Crippen LogP contribution in [0.2, 0.25) is 0 Å². The largest absolute Gasteiger partial charge is 0.392 e. The average molecular weight is 439 g/mol. The second-order valence-electron chi connectivity index (χ2n) is 8.41. The Kier molecular flexibility index (Phi) is 7.71. The molecule has 0 aliphatic carbocycles. The van der Waals surface area contributed by atoms with Crippen molar-refractivity contribution in [1.82, 2.24) is 0 Å². The Balaban J connectivity index is 1.80. The highest BCUT2D eigenvalue weighted by Crippen LogP contribution is 2.37.